The summed E-state index contributed by atoms with van der Waals surface area (Å²) in [6.45, 7) is 4.65. The van der Waals surface area contributed by atoms with Gasteiger partial charge >= 0.3 is 5.97 Å². The second-order valence-electron chi connectivity index (χ2n) is 20.8. The number of ether oxygens (including phenoxy) is 4. The molecule has 9 heteroatoms. The first kappa shape index (κ1) is 64.2. The minimum absolute atomic E-state index is 0.104. The molecule has 6 atom stereocenters. The van der Waals surface area contributed by atoms with Gasteiger partial charge in [-0.15, -0.1) is 0 Å². The zero-order chi connectivity index (χ0) is 48.5. The van der Waals surface area contributed by atoms with Gasteiger partial charge in [0, 0.05) is 13.0 Å². The quantitative estimate of drug-likeness (QED) is 0.0347. The van der Waals surface area contributed by atoms with Crippen LogP contribution in [0.4, 0.5) is 0 Å². The molecule has 9 nitrogen and oxygen atoms in total. The molecule has 400 valence electrons. The number of aliphatic hydroxyl groups is 4. The van der Waals surface area contributed by atoms with Crippen LogP contribution in [-0.4, -0.2) is 89.6 Å². The predicted octanol–water partition coefficient (Wildman–Crippen LogP) is 15.3. The highest BCUT2D eigenvalue weighted by atomic mass is 16.7. The third-order valence-corrected chi connectivity index (χ3v) is 14.3. The van der Waals surface area contributed by atoms with Gasteiger partial charge in [0.1, 0.15) is 30.5 Å². The van der Waals surface area contributed by atoms with E-state index in [1.54, 1.807) is 0 Å². The van der Waals surface area contributed by atoms with Gasteiger partial charge in [0.05, 0.1) is 19.8 Å². The minimum atomic E-state index is -1.53. The SMILES string of the molecule is CCCCCCCCCCCCCCCCCCCCCCCCCCCC(=O)OC(COCCCCCCCCCCCCCCCCCCCCC)COC1OC(CO)C(O)C(O)C1O. The molecule has 1 rings (SSSR count). The van der Waals surface area contributed by atoms with Crippen molar-refractivity contribution in [2.45, 2.75) is 340 Å². The van der Waals surface area contributed by atoms with Crippen molar-refractivity contribution in [2.75, 3.05) is 26.4 Å². The fourth-order valence-electron chi connectivity index (χ4n) is 9.67. The van der Waals surface area contributed by atoms with E-state index in [2.05, 4.69) is 13.8 Å². The number of esters is 1. The van der Waals surface area contributed by atoms with Crippen LogP contribution in [0.1, 0.15) is 303 Å². The molecule has 4 N–H and O–H groups in total. The Balaban J connectivity index is 2.11. The summed E-state index contributed by atoms with van der Waals surface area (Å²) in [7, 11) is 0. The molecular formula is C58H114O9. The maximum absolute atomic E-state index is 12.9. The van der Waals surface area contributed by atoms with Crippen molar-refractivity contribution in [2.24, 2.45) is 0 Å². The summed E-state index contributed by atoms with van der Waals surface area (Å²) in [5.74, 6) is -0.302. The number of hydrogen-bond donors (Lipinski definition) is 4. The van der Waals surface area contributed by atoms with E-state index in [4.69, 9.17) is 18.9 Å². The molecule has 67 heavy (non-hydrogen) atoms. The molecule has 0 saturated carbocycles. The molecule has 1 aliphatic heterocycles. The highest BCUT2D eigenvalue weighted by Gasteiger charge is 2.44. The molecule has 1 fully saturated rings. The Bertz CT molecular complexity index is 997. The minimum Gasteiger partial charge on any atom is -0.457 e. The highest BCUT2D eigenvalue weighted by Crippen LogP contribution is 2.23. The van der Waals surface area contributed by atoms with Gasteiger partial charge in [-0.25, -0.2) is 0 Å². The topological polar surface area (TPSA) is 135 Å². The van der Waals surface area contributed by atoms with E-state index in [9.17, 15) is 25.2 Å². The molecule has 0 aromatic rings. The number of carbonyl (C=O) groups excluding carboxylic acids is 1. The van der Waals surface area contributed by atoms with Crippen LogP contribution in [0.25, 0.3) is 0 Å². The lowest BCUT2D eigenvalue weighted by Crippen LogP contribution is -2.59. The van der Waals surface area contributed by atoms with Crippen LogP contribution >= 0.6 is 0 Å². The van der Waals surface area contributed by atoms with Gasteiger partial charge in [-0.3, -0.25) is 4.79 Å². The van der Waals surface area contributed by atoms with E-state index in [0.29, 0.717) is 13.0 Å². The van der Waals surface area contributed by atoms with E-state index in [-0.39, 0.29) is 19.2 Å². The van der Waals surface area contributed by atoms with Crippen LogP contribution in [0, 0.1) is 0 Å². The Morgan fingerprint density at radius 1 is 0.418 bits per heavy atom. The van der Waals surface area contributed by atoms with Gasteiger partial charge in [-0.05, 0) is 12.8 Å². The van der Waals surface area contributed by atoms with E-state index in [1.165, 1.54) is 250 Å². The summed E-state index contributed by atoms with van der Waals surface area (Å²) in [5.41, 5.74) is 0. The van der Waals surface area contributed by atoms with Crippen molar-refractivity contribution in [1.82, 2.24) is 0 Å². The highest BCUT2D eigenvalue weighted by molar-refractivity contribution is 5.69. The van der Waals surface area contributed by atoms with E-state index in [0.717, 1.165) is 32.1 Å². The first-order valence-electron chi connectivity index (χ1n) is 29.6. The third-order valence-electron chi connectivity index (χ3n) is 14.3. The van der Waals surface area contributed by atoms with Crippen LogP contribution in [-0.2, 0) is 23.7 Å². The Hall–Kier alpha value is -0.810. The number of hydrogen-bond acceptors (Lipinski definition) is 9. The van der Waals surface area contributed by atoms with Gasteiger partial charge in [-0.1, -0.05) is 284 Å². The Morgan fingerprint density at radius 2 is 0.731 bits per heavy atom. The average Bonchev–Trinajstić information content (AvgIpc) is 3.33. The smallest absolute Gasteiger partial charge is 0.306 e. The molecule has 1 saturated heterocycles. The second kappa shape index (κ2) is 50.1. The molecular weight excluding hydrogens is 841 g/mol. The first-order valence-corrected chi connectivity index (χ1v) is 29.6. The van der Waals surface area contributed by atoms with E-state index in [1.807, 2.05) is 0 Å². The van der Waals surface area contributed by atoms with Crippen LogP contribution in [0.3, 0.4) is 0 Å². The maximum Gasteiger partial charge on any atom is 0.306 e. The van der Waals surface area contributed by atoms with Crippen molar-refractivity contribution < 1.29 is 44.2 Å². The molecule has 0 aromatic heterocycles. The molecule has 1 aliphatic rings. The number of rotatable bonds is 53. The molecule has 0 amide bonds. The summed E-state index contributed by atoms with van der Waals surface area (Å²) in [6, 6.07) is 0. The fraction of sp³-hybridized carbons (Fsp3) is 0.983. The monoisotopic (exact) mass is 955 g/mol. The van der Waals surface area contributed by atoms with Crippen molar-refractivity contribution in [1.29, 1.82) is 0 Å². The number of unbranched alkanes of at least 4 members (excludes halogenated alkanes) is 42. The number of carbonyl (C=O) groups is 1. The second-order valence-corrected chi connectivity index (χ2v) is 20.8. The van der Waals surface area contributed by atoms with Gasteiger partial charge < -0.3 is 39.4 Å². The van der Waals surface area contributed by atoms with Crippen molar-refractivity contribution in [3.63, 3.8) is 0 Å². The Kier molecular flexibility index (Phi) is 48.1. The number of aliphatic hydroxyl groups excluding tert-OH is 4. The maximum atomic E-state index is 12.9. The molecule has 0 aromatic carbocycles. The van der Waals surface area contributed by atoms with Gasteiger partial charge in [0.25, 0.3) is 0 Å². The van der Waals surface area contributed by atoms with Crippen molar-refractivity contribution in [3.05, 3.63) is 0 Å². The van der Waals surface area contributed by atoms with E-state index >= 15 is 0 Å². The first-order chi connectivity index (χ1) is 32.9. The predicted molar refractivity (Wildman–Crippen MR) is 280 cm³/mol. The zero-order valence-corrected chi connectivity index (χ0v) is 44.4. The molecule has 6 unspecified atom stereocenters. The molecule has 0 bridgehead atoms. The third kappa shape index (κ3) is 40.5. The van der Waals surface area contributed by atoms with Crippen molar-refractivity contribution in [3.8, 4) is 0 Å². The lowest BCUT2D eigenvalue weighted by molar-refractivity contribution is -0.305. The molecule has 0 aliphatic carbocycles. The van der Waals surface area contributed by atoms with E-state index < -0.39 is 43.4 Å². The molecule has 0 radical (unpaired) electrons. The Labute approximate surface area is 414 Å². The summed E-state index contributed by atoms with van der Waals surface area (Å²) < 4.78 is 23.0. The zero-order valence-electron chi connectivity index (χ0n) is 44.4. The normalized spacial score (nSPS) is 19.0. The van der Waals surface area contributed by atoms with Crippen LogP contribution < -0.4 is 0 Å². The summed E-state index contributed by atoms with van der Waals surface area (Å²) in [5, 5.41) is 40.4. The lowest BCUT2D eigenvalue weighted by atomic mass is 9.99. The van der Waals surface area contributed by atoms with Gasteiger partial charge in [-0.2, -0.15) is 0 Å². The van der Waals surface area contributed by atoms with Crippen molar-refractivity contribution >= 4 is 5.97 Å². The fourth-order valence-corrected chi connectivity index (χ4v) is 9.67. The van der Waals surface area contributed by atoms with Crippen LogP contribution in [0.15, 0.2) is 0 Å². The van der Waals surface area contributed by atoms with Gasteiger partial charge in [0.2, 0.25) is 0 Å². The summed E-state index contributed by atoms with van der Waals surface area (Å²) >= 11 is 0. The van der Waals surface area contributed by atoms with Crippen LogP contribution in [0.2, 0.25) is 0 Å². The molecule has 1 heterocycles. The van der Waals surface area contributed by atoms with Gasteiger partial charge in [0.15, 0.2) is 6.29 Å². The average molecular weight is 956 g/mol. The summed E-state index contributed by atoms with van der Waals surface area (Å²) in [6.07, 6.45) is 51.6. The Morgan fingerprint density at radius 3 is 1.06 bits per heavy atom. The largest absolute Gasteiger partial charge is 0.457 e. The molecule has 0 spiro atoms. The summed E-state index contributed by atoms with van der Waals surface area (Å²) in [4.78, 5) is 12.9. The van der Waals surface area contributed by atoms with Crippen LogP contribution in [0.5, 0.6) is 0 Å². The standard InChI is InChI=1S/C58H114O9/c1-3-5-7-9-11-13-15-17-19-21-23-24-25-26-27-28-29-31-33-35-37-39-41-43-45-47-54(60)66-52(51-65-58-57(63)56(62)55(61)53(49-59)67-58)50-64-48-46-44-42-40-38-36-34-32-30-22-20-18-16-14-12-10-8-6-4-2/h52-53,55-59,61-63H,3-51H2,1-2H3. The lowest BCUT2D eigenvalue weighted by Gasteiger charge is -2.39.